The lowest BCUT2D eigenvalue weighted by Gasteiger charge is -2.43. The van der Waals surface area contributed by atoms with E-state index in [0.29, 0.717) is 29.5 Å². The highest BCUT2D eigenvalue weighted by Crippen LogP contribution is 2.37. The van der Waals surface area contributed by atoms with Gasteiger partial charge >= 0.3 is 0 Å². The van der Waals surface area contributed by atoms with Crippen LogP contribution in [-0.2, 0) is 14.2 Å². The van der Waals surface area contributed by atoms with Crippen molar-refractivity contribution in [3.63, 3.8) is 0 Å². The molecule has 3 saturated heterocycles. The van der Waals surface area contributed by atoms with Gasteiger partial charge in [0.1, 0.15) is 0 Å². The van der Waals surface area contributed by atoms with E-state index in [0.717, 1.165) is 58.0 Å². The van der Waals surface area contributed by atoms with Crippen LogP contribution >= 0.6 is 0 Å². The summed E-state index contributed by atoms with van der Waals surface area (Å²) in [4.78, 5) is 0. The maximum absolute atomic E-state index is 6.30. The molecule has 0 saturated carbocycles. The number of rotatable bonds is 3. The molecule has 3 heterocycles. The third-order valence-corrected chi connectivity index (χ3v) is 8.55. The molecule has 0 aromatic heterocycles. The molecule has 32 heavy (non-hydrogen) atoms. The molecule has 3 fully saturated rings. The van der Waals surface area contributed by atoms with E-state index < -0.39 is 0 Å². The molecular formula is C27H56N2O3. The zero-order valence-electron chi connectivity index (χ0n) is 22.8. The molecule has 4 N–H and O–H groups in total. The zero-order valence-corrected chi connectivity index (χ0v) is 22.8. The highest BCUT2D eigenvalue weighted by atomic mass is 16.5. The van der Waals surface area contributed by atoms with Crippen LogP contribution in [0, 0.1) is 23.2 Å². The molecule has 3 aliphatic rings. The Balaban J connectivity index is 0.000000241. The molecule has 0 amide bonds. The average molecular weight is 457 g/mol. The molecule has 2 unspecified atom stereocenters. The Labute approximate surface area is 199 Å². The van der Waals surface area contributed by atoms with E-state index in [9.17, 15) is 0 Å². The average Bonchev–Trinajstić information content (AvgIpc) is 2.69. The molecule has 5 nitrogen and oxygen atoms in total. The summed E-state index contributed by atoms with van der Waals surface area (Å²) < 4.78 is 16.2. The molecule has 0 bridgehead atoms. The summed E-state index contributed by atoms with van der Waals surface area (Å²) in [5.74, 6) is 1.93. The number of ether oxygens (including phenoxy) is 3. The Bertz CT molecular complexity index is 471. The lowest BCUT2D eigenvalue weighted by Crippen LogP contribution is -2.53. The van der Waals surface area contributed by atoms with Crippen molar-refractivity contribution < 1.29 is 14.2 Å². The van der Waals surface area contributed by atoms with Gasteiger partial charge in [0.2, 0.25) is 0 Å². The quantitative estimate of drug-likeness (QED) is 0.583. The molecule has 0 radical (unpaired) electrons. The van der Waals surface area contributed by atoms with Crippen LogP contribution < -0.4 is 11.5 Å². The maximum Gasteiger partial charge on any atom is 0.0568 e. The van der Waals surface area contributed by atoms with Gasteiger partial charge in [-0.3, -0.25) is 0 Å². The van der Waals surface area contributed by atoms with Crippen molar-refractivity contribution in [1.82, 2.24) is 0 Å². The number of hydrogen-bond acceptors (Lipinski definition) is 5. The highest BCUT2D eigenvalue weighted by Gasteiger charge is 2.37. The summed E-state index contributed by atoms with van der Waals surface area (Å²) in [6.45, 7) is 23.6. The first kappa shape index (κ1) is 29.8. The van der Waals surface area contributed by atoms with Crippen molar-refractivity contribution in [3.05, 3.63) is 0 Å². The van der Waals surface area contributed by atoms with Crippen molar-refractivity contribution in [1.29, 1.82) is 0 Å². The van der Waals surface area contributed by atoms with Gasteiger partial charge in [-0.1, -0.05) is 48.5 Å². The largest absolute Gasteiger partial charge is 0.381 e. The van der Waals surface area contributed by atoms with Crippen LogP contribution in [0.5, 0.6) is 0 Å². The van der Waals surface area contributed by atoms with E-state index in [2.05, 4.69) is 62.3 Å². The van der Waals surface area contributed by atoms with Gasteiger partial charge in [0.05, 0.1) is 12.2 Å². The third kappa shape index (κ3) is 9.21. The fraction of sp³-hybridized carbons (Fsp3) is 1.00. The SMILES string of the molecule is CC(C)C1(C)CCOCC1.CC(C)C1(N)CCOCC1.CC1CC(N)(C(C)C)CC(C)O1. The van der Waals surface area contributed by atoms with Gasteiger partial charge < -0.3 is 25.7 Å². The predicted octanol–water partition coefficient (Wildman–Crippen LogP) is 5.54. The lowest BCUT2D eigenvalue weighted by atomic mass is 9.73. The zero-order chi connectivity index (χ0) is 24.6. The highest BCUT2D eigenvalue weighted by molar-refractivity contribution is 4.94. The Morgan fingerprint density at radius 2 is 1.00 bits per heavy atom. The molecule has 5 heteroatoms. The van der Waals surface area contributed by atoms with Gasteiger partial charge in [0.15, 0.2) is 0 Å². The molecule has 192 valence electrons. The minimum absolute atomic E-state index is 0.00289. The Hall–Kier alpha value is -0.200. The van der Waals surface area contributed by atoms with Crippen LogP contribution in [-0.4, -0.2) is 49.7 Å². The summed E-state index contributed by atoms with van der Waals surface area (Å²) in [5, 5.41) is 0. The van der Waals surface area contributed by atoms with E-state index in [1.165, 1.54) is 12.8 Å². The fourth-order valence-corrected chi connectivity index (χ4v) is 4.86. The lowest BCUT2D eigenvalue weighted by molar-refractivity contribution is -0.0701. The molecule has 0 aromatic rings. The smallest absolute Gasteiger partial charge is 0.0568 e. The summed E-state index contributed by atoms with van der Waals surface area (Å²) in [6.07, 6.45) is 7.15. The first-order valence-corrected chi connectivity index (χ1v) is 13.1. The second-order valence-corrected chi connectivity index (χ2v) is 12.0. The Morgan fingerprint density at radius 1 is 0.625 bits per heavy atom. The second-order valence-electron chi connectivity index (χ2n) is 12.0. The second kappa shape index (κ2) is 13.0. The molecule has 0 aliphatic carbocycles. The van der Waals surface area contributed by atoms with Gasteiger partial charge in [0.25, 0.3) is 0 Å². The van der Waals surface area contributed by atoms with E-state index in [1.54, 1.807) is 0 Å². The monoisotopic (exact) mass is 456 g/mol. The topological polar surface area (TPSA) is 79.7 Å². The van der Waals surface area contributed by atoms with E-state index >= 15 is 0 Å². The van der Waals surface area contributed by atoms with Crippen molar-refractivity contribution in [2.75, 3.05) is 26.4 Å². The van der Waals surface area contributed by atoms with Crippen LogP contribution in [0.4, 0.5) is 0 Å². The summed E-state index contributed by atoms with van der Waals surface area (Å²) in [7, 11) is 0. The number of nitrogens with two attached hydrogens (primary N) is 2. The first-order valence-electron chi connectivity index (χ1n) is 13.1. The summed E-state index contributed by atoms with van der Waals surface area (Å²) >= 11 is 0. The van der Waals surface area contributed by atoms with Gasteiger partial charge in [0, 0.05) is 37.5 Å². The molecule has 2 atom stereocenters. The van der Waals surface area contributed by atoms with Gasteiger partial charge in [-0.2, -0.15) is 0 Å². The minimum Gasteiger partial charge on any atom is -0.381 e. The van der Waals surface area contributed by atoms with Crippen LogP contribution in [0.25, 0.3) is 0 Å². The Morgan fingerprint density at radius 3 is 1.28 bits per heavy atom. The molecule has 3 rings (SSSR count). The summed E-state index contributed by atoms with van der Waals surface area (Å²) in [6, 6.07) is 0. The van der Waals surface area contributed by atoms with Crippen molar-refractivity contribution >= 4 is 0 Å². The van der Waals surface area contributed by atoms with Crippen molar-refractivity contribution in [2.45, 2.75) is 124 Å². The van der Waals surface area contributed by atoms with Gasteiger partial charge in [-0.05, 0) is 75.5 Å². The molecule has 0 spiro atoms. The predicted molar refractivity (Wildman–Crippen MR) is 136 cm³/mol. The van der Waals surface area contributed by atoms with E-state index in [-0.39, 0.29) is 11.1 Å². The standard InChI is InChI=1S/C10H21NO.C9H18O.C8H17NO/c1-7(2)10(11)5-8(3)12-9(4)6-10;1-8(2)9(3)4-6-10-7-5-9;1-7(2)8(9)3-5-10-6-4-8/h7-9H,5-6,11H2,1-4H3;8H,4-7H2,1-3H3;7H,3-6,9H2,1-2H3. The Kier molecular flexibility index (Phi) is 12.2. The van der Waals surface area contributed by atoms with Crippen molar-refractivity contribution in [3.8, 4) is 0 Å². The minimum atomic E-state index is -0.00289. The molecular weight excluding hydrogens is 400 g/mol. The first-order chi connectivity index (χ1) is 14.7. The molecule has 0 aromatic carbocycles. The summed E-state index contributed by atoms with van der Waals surface area (Å²) in [5.41, 5.74) is 13.0. The normalized spacial score (nSPS) is 32.1. The van der Waals surface area contributed by atoms with Crippen LogP contribution in [0.15, 0.2) is 0 Å². The van der Waals surface area contributed by atoms with Crippen LogP contribution in [0.3, 0.4) is 0 Å². The maximum atomic E-state index is 6.30. The van der Waals surface area contributed by atoms with Crippen LogP contribution in [0.2, 0.25) is 0 Å². The fourth-order valence-electron chi connectivity index (χ4n) is 4.86. The van der Waals surface area contributed by atoms with E-state index in [4.69, 9.17) is 25.7 Å². The third-order valence-electron chi connectivity index (χ3n) is 8.55. The van der Waals surface area contributed by atoms with Crippen molar-refractivity contribution in [2.24, 2.45) is 34.6 Å². The van der Waals surface area contributed by atoms with Gasteiger partial charge in [-0.15, -0.1) is 0 Å². The van der Waals surface area contributed by atoms with Gasteiger partial charge in [-0.25, -0.2) is 0 Å². The van der Waals surface area contributed by atoms with E-state index in [1.807, 2.05) is 0 Å². The number of hydrogen-bond donors (Lipinski definition) is 2. The van der Waals surface area contributed by atoms with Crippen LogP contribution in [0.1, 0.15) is 101 Å². The molecule has 3 aliphatic heterocycles.